The van der Waals surface area contributed by atoms with Gasteiger partial charge in [0, 0.05) is 12.4 Å². The predicted molar refractivity (Wildman–Crippen MR) is 70.4 cm³/mol. The lowest BCUT2D eigenvalue weighted by atomic mass is 10.2. The molecule has 0 atom stereocenters. The quantitative estimate of drug-likeness (QED) is 0.445. The van der Waals surface area contributed by atoms with Crippen molar-refractivity contribution < 1.29 is 4.74 Å². The minimum absolute atomic E-state index is 0.520. The standard InChI is InChI=1S/C12H19N5O/c1-2-3-4-5-8-18-12-11-14-6-7-17(11)9-10(15-12)16-13/h6-7,9,16H,2-5,8,13H2,1H3. The first-order chi connectivity index (χ1) is 8.85. The van der Waals surface area contributed by atoms with Gasteiger partial charge in [0.25, 0.3) is 5.88 Å². The van der Waals surface area contributed by atoms with E-state index in [9.17, 15) is 0 Å². The monoisotopic (exact) mass is 249 g/mol. The molecule has 0 spiro atoms. The third-order valence-electron chi connectivity index (χ3n) is 2.73. The number of aromatic nitrogens is 3. The van der Waals surface area contributed by atoms with Gasteiger partial charge in [-0.15, -0.1) is 0 Å². The largest absolute Gasteiger partial charge is 0.475 e. The van der Waals surface area contributed by atoms with Crippen molar-refractivity contribution in [2.75, 3.05) is 12.0 Å². The number of fused-ring (bicyclic) bond motifs is 1. The first-order valence-electron chi connectivity index (χ1n) is 6.28. The average Bonchev–Trinajstić information content (AvgIpc) is 2.86. The van der Waals surface area contributed by atoms with Gasteiger partial charge < -0.3 is 10.2 Å². The van der Waals surface area contributed by atoms with Gasteiger partial charge in [-0.1, -0.05) is 26.2 Å². The van der Waals surface area contributed by atoms with Gasteiger partial charge in [-0.3, -0.25) is 4.40 Å². The highest BCUT2D eigenvalue weighted by Gasteiger charge is 2.07. The van der Waals surface area contributed by atoms with Crippen molar-refractivity contribution in [3.63, 3.8) is 0 Å². The molecule has 3 N–H and O–H groups in total. The van der Waals surface area contributed by atoms with Gasteiger partial charge in [-0.25, -0.2) is 10.8 Å². The number of ether oxygens (including phenoxy) is 1. The second kappa shape index (κ2) is 6.20. The molecule has 0 aliphatic heterocycles. The topological polar surface area (TPSA) is 77.5 Å². The van der Waals surface area contributed by atoms with E-state index in [0.29, 0.717) is 24.0 Å². The number of rotatable bonds is 7. The highest BCUT2D eigenvalue weighted by Crippen LogP contribution is 2.18. The number of nitrogen functional groups attached to an aromatic ring is 1. The van der Waals surface area contributed by atoms with E-state index in [2.05, 4.69) is 22.3 Å². The number of anilines is 1. The molecular weight excluding hydrogens is 230 g/mol. The van der Waals surface area contributed by atoms with Crippen molar-refractivity contribution in [1.29, 1.82) is 0 Å². The zero-order valence-corrected chi connectivity index (χ0v) is 10.6. The lowest BCUT2D eigenvalue weighted by molar-refractivity contribution is 0.296. The Morgan fingerprint density at radius 2 is 2.28 bits per heavy atom. The molecule has 0 aliphatic carbocycles. The van der Waals surface area contributed by atoms with Crippen LogP contribution < -0.4 is 16.0 Å². The summed E-state index contributed by atoms with van der Waals surface area (Å²) in [5.41, 5.74) is 3.23. The number of hydrazine groups is 1. The van der Waals surface area contributed by atoms with Gasteiger partial charge in [0.15, 0.2) is 5.82 Å². The van der Waals surface area contributed by atoms with Crippen molar-refractivity contribution in [3.05, 3.63) is 18.6 Å². The van der Waals surface area contributed by atoms with Gasteiger partial charge in [-0.2, -0.15) is 4.98 Å². The van der Waals surface area contributed by atoms with Crippen molar-refractivity contribution in [2.24, 2.45) is 5.84 Å². The van der Waals surface area contributed by atoms with E-state index in [-0.39, 0.29) is 0 Å². The molecule has 0 saturated heterocycles. The van der Waals surface area contributed by atoms with E-state index < -0.39 is 0 Å². The van der Waals surface area contributed by atoms with Crippen molar-refractivity contribution in [1.82, 2.24) is 14.4 Å². The van der Waals surface area contributed by atoms with E-state index in [1.54, 1.807) is 12.4 Å². The Kier molecular flexibility index (Phi) is 4.35. The molecule has 98 valence electrons. The Morgan fingerprint density at radius 1 is 1.39 bits per heavy atom. The minimum atomic E-state index is 0.520. The number of nitrogens with one attached hydrogen (secondary N) is 1. The van der Waals surface area contributed by atoms with Crippen molar-refractivity contribution in [3.8, 4) is 5.88 Å². The van der Waals surface area contributed by atoms with Crippen molar-refractivity contribution in [2.45, 2.75) is 32.6 Å². The number of imidazole rings is 1. The Balaban J connectivity index is 2.04. The van der Waals surface area contributed by atoms with E-state index in [0.717, 1.165) is 6.42 Å². The number of nitrogens with two attached hydrogens (primary N) is 1. The molecule has 2 aromatic heterocycles. The first-order valence-corrected chi connectivity index (χ1v) is 6.28. The highest BCUT2D eigenvalue weighted by atomic mass is 16.5. The summed E-state index contributed by atoms with van der Waals surface area (Å²) in [7, 11) is 0. The average molecular weight is 249 g/mol. The Hall–Kier alpha value is -1.82. The maximum absolute atomic E-state index is 5.68. The summed E-state index contributed by atoms with van der Waals surface area (Å²) < 4.78 is 7.51. The fourth-order valence-corrected chi connectivity index (χ4v) is 1.77. The van der Waals surface area contributed by atoms with Crippen molar-refractivity contribution >= 4 is 11.5 Å². The van der Waals surface area contributed by atoms with E-state index in [1.807, 2.05) is 10.6 Å². The predicted octanol–water partition coefficient (Wildman–Crippen LogP) is 1.97. The molecule has 6 nitrogen and oxygen atoms in total. The van der Waals surface area contributed by atoms with Crippen LogP contribution in [0.4, 0.5) is 5.82 Å². The molecular formula is C12H19N5O. The van der Waals surface area contributed by atoms with E-state index in [4.69, 9.17) is 10.6 Å². The maximum atomic E-state index is 5.68. The molecule has 0 aliphatic rings. The van der Waals surface area contributed by atoms with Crippen LogP contribution in [-0.4, -0.2) is 21.0 Å². The van der Waals surface area contributed by atoms with Crippen LogP contribution in [0.1, 0.15) is 32.6 Å². The molecule has 18 heavy (non-hydrogen) atoms. The number of hydrogen-bond donors (Lipinski definition) is 2. The SMILES string of the molecule is CCCCCCOc1nc(NN)cn2ccnc12. The molecule has 0 amide bonds. The number of unbranched alkanes of at least 4 members (excludes halogenated alkanes) is 3. The van der Waals surface area contributed by atoms with Crippen LogP contribution in [0.25, 0.3) is 5.65 Å². The molecule has 2 aromatic rings. The third kappa shape index (κ3) is 2.89. The highest BCUT2D eigenvalue weighted by molar-refractivity contribution is 5.53. The summed E-state index contributed by atoms with van der Waals surface area (Å²) in [6, 6.07) is 0. The summed E-state index contributed by atoms with van der Waals surface area (Å²) in [4.78, 5) is 8.48. The number of hydrogen-bond acceptors (Lipinski definition) is 5. The molecule has 2 rings (SSSR count). The second-order valence-electron chi connectivity index (χ2n) is 4.14. The lowest BCUT2D eigenvalue weighted by Gasteiger charge is -2.08. The lowest BCUT2D eigenvalue weighted by Crippen LogP contribution is -2.11. The molecule has 0 unspecified atom stereocenters. The molecule has 6 heteroatoms. The zero-order chi connectivity index (χ0) is 12.8. The van der Waals surface area contributed by atoms with E-state index >= 15 is 0 Å². The van der Waals surface area contributed by atoms with Gasteiger partial charge in [-0.05, 0) is 6.42 Å². The minimum Gasteiger partial charge on any atom is -0.475 e. The van der Waals surface area contributed by atoms with Crippen LogP contribution in [0.5, 0.6) is 5.88 Å². The zero-order valence-electron chi connectivity index (χ0n) is 10.6. The fourth-order valence-electron chi connectivity index (χ4n) is 1.77. The molecule has 0 saturated carbocycles. The number of nitrogens with zero attached hydrogens (tertiary/aromatic N) is 3. The van der Waals surface area contributed by atoms with Crippen LogP contribution >= 0.6 is 0 Å². The summed E-state index contributed by atoms with van der Waals surface area (Å²) in [5.74, 6) is 6.45. The first kappa shape index (κ1) is 12.6. The second-order valence-corrected chi connectivity index (χ2v) is 4.14. The van der Waals surface area contributed by atoms with Gasteiger partial charge in [0.2, 0.25) is 5.65 Å². The Bertz CT molecular complexity index is 496. The van der Waals surface area contributed by atoms with Crippen LogP contribution in [0.15, 0.2) is 18.6 Å². The molecule has 2 heterocycles. The van der Waals surface area contributed by atoms with Crippen LogP contribution in [0.3, 0.4) is 0 Å². The fraction of sp³-hybridized carbons (Fsp3) is 0.500. The third-order valence-corrected chi connectivity index (χ3v) is 2.73. The van der Waals surface area contributed by atoms with Gasteiger partial charge >= 0.3 is 0 Å². The smallest absolute Gasteiger partial charge is 0.260 e. The van der Waals surface area contributed by atoms with E-state index in [1.165, 1.54) is 19.3 Å². The summed E-state index contributed by atoms with van der Waals surface area (Å²) >= 11 is 0. The van der Waals surface area contributed by atoms with Gasteiger partial charge in [0.1, 0.15) is 0 Å². The van der Waals surface area contributed by atoms with Gasteiger partial charge in [0.05, 0.1) is 12.8 Å². The molecule has 0 fully saturated rings. The summed E-state index contributed by atoms with van der Waals surface area (Å²) in [5, 5.41) is 0. The van der Waals surface area contributed by atoms with Crippen LogP contribution in [0.2, 0.25) is 0 Å². The summed E-state index contributed by atoms with van der Waals surface area (Å²) in [6.45, 7) is 2.84. The maximum Gasteiger partial charge on any atom is 0.260 e. The molecule has 0 bridgehead atoms. The molecule has 0 aromatic carbocycles. The Labute approximate surface area is 106 Å². The van der Waals surface area contributed by atoms with Crippen LogP contribution in [-0.2, 0) is 0 Å². The Morgan fingerprint density at radius 3 is 3.06 bits per heavy atom. The molecule has 0 radical (unpaired) electrons. The van der Waals surface area contributed by atoms with Crippen LogP contribution in [0, 0.1) is 0 Å². The normalized spacial score (nSPS) is 10.8. The summed E-state index contributed by atoms with van der Waals surface area (Å²) in [6.07, 6.45) is 9.98.